The molecule has 6 rings (SSSR count). The van der Waals surface area contributed by atoms with E-state index >= 15 is 0 Å². The third kappa shape index (κ3) is 11.0. The Morgan fingerprint density at radius 3 is 1.90 bits per heavy atom. The Morgan fingerprint density at radius 1 is 0.763 bits per heavy atom. The molecule has 0 aromatic heterocycles. The molecule has 59 heavy (non-hydrogen) atoms. The number of amidine groups is 1. The maximum absolute atomic E-state index is 13.0. The van der Waals surface area contributed by atoms with E-state index in [0.29, 0.717) is 30.0 Å². The van der Waals surface area contributed by atoms with E-state index in [1.807, 2.05) is 48.5 Å². The number of aliphatic imine (C=N–C) groups is 2. The van der Waals surface area contributed by atoms with Gasteiger partial charge in [-0.1, -0.05) is 129 Å². The van der Waals surface area contributed by atoms with Gasteiger partial charge in [0.2, 0.25) is 0 Å². The Labute approximate surface area is 345 Å². The van der Waals surface area contributed by atoms with Gasteiger partial charge in [-0.2, -0.15) is 0 Å². The van der Waals surface area contributed by atoms with Gasteiger partial charge in [-0.05, 0) is 65.5 Å². The number of ether oxygens (including phenoxy) is 3. The minimum absolute atomic E-state index is 0.0114. The zero-order valence-electron chi connectivity index (χ0n) is 33.3. The first-order chi connectivity index (χ1) is 28.6. The van der Waals surface area contributed by atoms with Crippen LogP contribution in [-0.4, -0.2) is 59.1 Å². The predicted molar refractivity (Wildman–Crippen MR) is 233 cm³/mol. The van der Waals surface area contributed by atoms with E-state index in [1.165, 1.54) is 25.1 Å². The Kier molecular flexibility index (Phi) is 14.3. The molecular weight excluding hydrogens is 741 g/mol. The second-order valence-electron chi connectivity index (χ2n) is 14.1. The van der Waals surface area contributed by atoms with E-state index in [1.54, 1.807) is 12.1 Å². The van der Waals surface area contributed by atoms with Crippen LogP contribution in [0.25, 0.3) is 28.0 Å². The number of aliphatic hydroxyl groups excluding tert-OH is 1. The summed E-state index contributed by atoms with van der Waals surface area (Å²) in [5, 5.41) is 21.2. The summed E-state index contributed by atoms with van der Waals surface area (Å²) >= 11 is 0. The standard InChI is InChI=1S/C50H48N2O7/c1-5-35-29-45(44-27-26-43(30-46(44)54)59-33(4)50(56)58-32-34(28-42(53)6-2)31-57-47(55)7-3)51-49(41-24-20-39(21-25-41)37-16-12-9-13-17-37)52-48(35)40-22-18-38(19-23-40)36-14-10-8-11-15-36/h6-27,30,33-34,47,54-55H,2-3,5,28-29,31-32H2,1,4H3. The number of benzene rings is 5. The number of rotatable bonds is 18. The Bertz CT molecular complexity index is 2350. The second-order valence-corrected chi connectivity index (χ2v) is 14.1. The summed E-state index contributed by atoms with van der Waals surface area (Å²) in [6.07, 6.45) is 1.26. The number of phenolic OH excluding ortho intramolecular Hbond substituents is 1. The normalized spacial score (nSPS) is 14.2. The average molecular weight is 789 g/mol. The molecule has 1 heterocycles. The van der Waals surface area contributed by atoms with Crippen molar-refractivity contribution in [3.63, 3.8) is 0 Å². The monoisotopic (exact) mass is 788 g/mol. The smallest absolute Gasteiger partial charge is 0.347 e. The quantitative estimate of drug-likeness (QED) is 0.0392. The molecule has 5 aromatic carbocycles. The van der Waals surface area contributed by atoms with Crippen molar-refractivity contribution >= 4 is 29.0 Å². The van der Waals surface area contributed by atoms with Crippen LogP contribution < -0.4 is 4.74 Å². The van der Waals surface area contributed by atoms with Gasteiger partial charge < -0.3 is 24.4 Å². The number of phenols is 1. The predicted octanol–water partition coefficient (Wildman–Crippen LogP) is 9.78. The largest absolute Gasteiger partial charge is 0.507 e. The zero-order chi connectivity index (χ0) is 41.7. The van der Waals surface area contributed by atoms with E-state index < -0.39 is 24.3 Å². The summed E-state index contributed by atoms with van der Waals surface area (Å²) in [6.45, 7) is 10.4. The average Bonchev–Trinajstić information content (AvgIpc) is 3.47. The number of esters is 1. The minimum atomic E-state index is -1.22. The molecule has 3 unspecified atom stereocenters. The zero-order valence-corrected chi connectivity index (χ0v) is 33.3. The van der Waals surface area contributed by atoms with Crippen LogP contribution in [-0.2, 0) is 19.1 Å². The summed E-state index contributed by atoms with van der Waals surface area (Å²) in [4.78, 5) is 35.3. The first-order valence-corrected chi connectivity index (χ1v) is 19.6. The topological polar surface area (TPSA) is 127 Å². The van der Waals surface area contributed by atoms with Crippen molar-refractivity contribution in [1.82, 2.24) is 0 Å². The van der Waals surface area contributed by atoms with Gasteiger partial charge in [-0.15, -0.1) is 0 Å². The summed E-state index contributed by atoms with van der Waals surface area (Å²) in [5.41, 5.74) is 9.22. The number of hydrogen-bond donors (Lipinski definition) is 2. The lowest BCUT2D eigenvalue weighted by atomic mass is 9.95. The van der Waals surface area contributed by atoms with E-state index in [4.69, 9.17) is 24.2 Å². The Hall–Kier alpha value is -6.68. The van der Waals surface area contributed by atoms with Crippen molar-refractivity contribution in [2.45, 2.75) is 45.5 Å². The van der Waals surface area contributed by atoms with Crippen LogP contribution in [0, 0.1) is 5.92 Å². The van der Waals surface area contributed by atoms with Crippen molar-refractivity contribution < 1.29 is 34.0 Å². The van der Waals surface area contributed by atoms with Gasteiger partial charge in [0.05, 0.1) is 24.6 Å². The van der Waals surface area contributed by atoms with Gasteiger partial charge >= 0.3 is 5.97 Å². The van der Waals surface area contributed by atoms with Crippen LogP contribution in [0.5, 0.6) is 11.5 Å². The van der Waals surface area contributed by atoms with Crippen LogP contribution in [0.2, 0.25) is 0 Å². The van der Waals surface area contributed by atoms with Crippen LogP contribution in [0.4, 0.5) is 0 Å². The number of aliphatic hydroxyl groups is 1. The van der Waals surface area contributed by atoms with Gasteiger partial charge in [-0.3, -0.25) is 4.79 Å². The molecule has 5 aromatic rings. The summed E-state index contributed by atoms with van der Waals surface area (Å²) < 4.78 is 16.6. The molecule has 9 nitrogen and oxygen atoms in total. The highest BCUT2D eigenvalue weighted by atomic mass is 16.6. The summed E-state index contributed by atoms with van der Waals surface area (Å²) in [6, 6.07) is 41.8. The summed E-state index contributed by atoms with van der Waals surface area (Å²) in [7, 11) is 0. The van der Waals surface area contributed by atoms with Gasteiger partial charge in [-0.25, -0.2) is 14.8 Å². The molecule has 0 saturated carbocycles. The number of nitrogens with zero attached hydrogens (tertiary/aromatic N) is 2. The Morgan fingerprint density at radius 2 is 1.34 bits per heavy atom. The lowest BCUT2D eigenvalue weighted by Gasteiger charge is -2.19. The van der Waals surface area contributed by atoms with Crippen molar-refractivity contribution in [3.05, 3.63) is 175 Å². The lowest BCUT2D eigenvalue weighted by Crippen LogP contribution is -2.30. The maximum atomic E-state index is 13.0. The first kappa shape index (κ1) is 41.9. The molecule has 300 valence electrons. The number of carbonyl (C=O) groups is 2. The molecule has 0 fully saturated rings. The first-order valence-electron chi connectivity index (χ1n) is 19.6. The van der Waals surface area contributed by atoms with Crippen LogP contribution >= 0.6 is 0 Å². The molecule has 1 aliphatic heterocycles. The molecule has 1 aliphatic rings. The fraction of sp³-hybridized carbons (Fsp3) is 0.200. The highest BCUT2D eigenvalue weighted by molar-refractivity contribution is 6.16. The van der Waals surface area contributed by atoms with E-state index in [2.05, 4.69) is 80.7 Å². The van der Waals surface area contributed by atoms with E-state index in [0.717, 1.165) is 44.7 Å². The molecule has 0 bridgehead atoms. The number of hydrogen-bond acceptors (Lipinski definition) is 9. The maximum Gasteiger partial charge on any atom is 0.347 e. The molecule has 0 aliphatic carbocycles. The molecule has 2 N–H and O–H groups in total. The fourth-order valence-electron chi connectivity index (χ4n) is 6.64. The van der Waals surface area contributed by atoms with Crippen molar-refractivity contribution in [3.8, 4) is 33.8 Å². The van der Waals surface area contributed by atoms with Gasteiger partial charge in [0.1, 0.15) is 11.5 Å². The lowest BCUT2D eigenvalue weighted by molar-refractivity contribution is -0.154. The SMILES string of the molecule is C=CC(=O)CC(COC(=O)C(C)Oc1ccc(C2=NC(c3ccc(-c4ccccc4)cc3)=NC(c3ccc(-c4ccccc4)cc3)=C(CC)C2)c(O)c1)COC(O)C=C. The van der Waals surface area contributed by atoms with Crippen LogP contribution in [0.1, 0.15) is 49.8 Å². The van der Waals surface area contributed by atoms with Crippen LogP contribution in [0.15, 0.2) is 168 Å². The van der Waals surface area contributed by atoms with E-state index in [9.17, 15) is 19.8 Å². The van der Waals surface area contributed by atoms with Gasteiger partial charge in [0.25, 0.3) is 0 Å². The van der Waals surface area contributed by atoms with E-state index in [-0.39, 0.29) is 36.9 Å². The molecule has 0 amide bonds. The minimum Gasteiger partial charge on any atom is -0.507 e. The number of allylic oxidation sites excluding steroid dienone is 2. The highest BCUT2D eigenvalue weighted by Gasteiger charge is 2.24. The third-order valence-corrected chi connectivity index (χ3v) is 9.92. The molecule has 0 radical (unpaired) electrons. The molecule has 3 atom stereocenters. The van der Waals surface area contributed by atoms with Crippen LogP contribution in [0.3, 0.4) is 0 Å². The van der Waals surface area contributed by atoms with Gasteiger partial charge in [0, 0.05) is 41.5 Å². The molecule has 0 saturated heterocycles. The van der Waals surface area contributed by atoms with Crippen molar-refractivity contribution in [2.75, 3.05) is 13.2 Å². The third-order valence-electron chi connectivity index (χ3n) is 9.92. The molecule has 9 heteroatoms. The Balaban J connectivity index is 1.26. The molecule has 0 spiro atoms. The number of ketones is 1. The summed E-state index contributed by atoms with van der Waals surface area (Å²) in [5.74, 6) is -0.775. The second kappa shape index (κ2) is 20.1. The molecular formula is C50H48N2O7. The van der Waals surface area contributed by atoms with Gasteiger partial charge in [0.15, 0.2) is 24.0 Å². The van der Waals surface area contributed by atoms with Crippen molar-refractivity contribution in [2.24, 2.45) is 15.9 Å². The highest BCUT2D eigenvalue weighted by Crippen LogP contribution is 2.34. The number of aromatic hydroxyl groups is 1. The fourth-order valence-corrected chi connectivity index (χ4v) is 6.64. The van der Waals surface area contributed by atoms with Crippen molar-refractivity contribution in [1.29, 1.82) is 0 Å². The number of carbonyl (C=O) groups excluding carboxylic acids is 2.